The summed E-state index contributed by atoms with van der Waals surface area (Å²) in [5.74, 6) is -0.226. The van der Waals surface area contributed by atoms with Gasteiger partial charge >= 0.3 is 0 Å². The lowest BCUT2D eigenvalue weighted by Gasteiger charge is -2.15. The van der Waals surface area contributed by atoms with E-state index in [-0.39, 0.29) is 17.5 Å². The van der Waals surface area contributed by atoms with Gasteiger partial charge in [0, 0.05) is 11.5 Å². The third-order valence-corrected chi connectivity index (χ3v) is 2.75. The maximum atomic E-state index is 11.6. The predicted molar refractivity (Wildman–Crippen MR) is 62.1 cm³/mol. The van der Waals surface area contributed by atoms with Crippen LogP contribution in [0.3, 0.4) is 0 Å². The molecule has 1 unspecified atom stereocenters. The van der Waals surface area contributed by atoms with E-state index in [1.54, 1.807) is 0 Å². The van der Waals surface area contributed by atoms with Crippen molar-refractivity contribution < 1.29 is 9.59 Å². The van der Waals surface area contributed by atoms with Gasteiger partial charge in [-0.05, 0) is 23.8 Å². The first-order chi connectivity index (χ1) is 7.68. The van der Waals surface area contributed by atoms with Crippen LogP contribution in [-0.4, -0.2) is 11.6 Å². The number of rotatable bonds is 2. The second kappa shape index (κ2) is 4.27. The highest BCUT2D eigenvalue weighted by Gasteiger charge is 2.20. The van der Waals surface area contributed by atoms with Gasteiger partial charge in [0.2, 0.25) is 0 Å². The van der Waals surface area contributed by atoms with Gasteiger partial charge in [-0.2, -0.15) is 0 Å². The van der Waals surface area contributed by atoms with E-state index >= 15 is 0 Å². The molecule has 80 valence electrons. The summed E-state index contributed by atoms with van der Waals surface area (Å²) in [5.41, 5.74) is 1.61. The fourth-order valence-electron chi connectivity index (χ4n) is 1.79. The van der Waals surface area contributed by atoms with Gasteiger partial charge in [-0.1, -0.05) is 37.3 Å². The minimum absolute atomic E-state index is 0.0393. The van der Waals surface area contributed by atoms with Crippen molar-refractivity contribution in [1.29, 1.82) is 0 Å². The van der Waals surface area contributed by atoms with Crippen molar-refractivity contribution in [2.45, 2.75) is 12.8 Å². The molecule has 0 fully saturated rings. The molecule has 1 aliphatic rings. The Morgan fingerprint density at radius 3 is 2.38 bits per heavy atom. The summed E-state index contributed by atoms with van der Waals surface area (Å²) in [7, 11) is 0. The number of benzene rings is 1. The van der Waals surface area contributed by atoms with Crippen molar-refractivity contribution in [2.24, 2.45) is 0 Å². The fourth-order valence-corrected chi connectivity index (χ4v) is 1.79. The van der Waals surface area contributed by atoms with Crippen LogP contribution >= 0.6 is 0 Å². The molecule has 2 heteroatoms. The van der Waals surface area contributed by atoms with Gasteiger partial charge in [-0.15, -0.1) is 0 Å². The van der Waals surface area contributed by atoms with E-state index in [0.717, 1.165) is 5.56 Å². The molecule has 1 aromatic carbocycles. The summed E-state index contributed by atoms with van der Waals surface area (Å²) < 4.78 is 0. The topological polar surface area (TPSA) is 34.1 Å². The lowest BCUT2D eigenvalue weighted by Crippen LogP contribution is -2.13. The Hall–Kier alpha value is -1.96. The zero-order valence-electron chi connectivity index (χ0n) is 9.01. The molecule has 16 heavy (non-hydrogen) atoms. The molecule has 1 aliphatic carbocycles. The summed E-state index contributed by atoms with van der Waals surface area (Å²) in [5, 5.41) is 0. The Morgan fingerprint density at radius 2 is 1.69 bits per heavy atom. The lowest BCUT2D eigenvalue weighted by molar-refractivity contribution is -0.114. The van der Waals surface area contributed by atoms with Crippen LogP contribution in [0.5, 0.6) is 0 Å². The maximum absolute atomic E-state index is 11.6. The number of ketones is 2. The molecule has 0 amide bonds. The Bertz CT molecular complexity index is 481. The summed E-state index contributed by atoms with van der Waals surface area (Å²) in [6.07, 6.45) is 4.08. The van der Waals surface area contributed by atoms with Crippen molar-refractivity contribution >= 4 is 11.6 Å². The molecule has 2 nitrogen and oxygen atoms in total. The lowest BCUT2D eigenvalue weighted by atomic mass is 9.87. The second-order valence-corrected chi connectivity index (χ2v) is 3.83. The van der Waals surface area contributed by atoms with E-state index in [1.165, 1.54) is 18.2 Å². The van der Waals surface area contributed by atoms with Crippen LogP contribution in [0.4, 0.5) is 0 Å². The van der Waals surface area contributed by atoms with Crippen LogP contribution in [0.25, 0.3) is 0 Å². The molecule has 0 aromatic heterocycles. The molecular formula is C14H12O2. The third kappa shape index (κ3) is 2.01. The first kappa shape index (κ1) is 10.6. The van der Waals surface area contributed by atoms with Crippen molar-refractivity contribution in [1.82, 2.24) is 0 Å². The van der Waals surface area contributed by atoms with Crippen LogP contribution in [0.2, 0.25) is 0 Å². The normalized spacial score (nSPS) is 17.2. The molecule has 1 aromatic rings. The number of carbonyl (C=O) groups is 2. The van der Waals surface area contributed by atoms with Crippen LogP contribution in [0.1, 0.15) is 18.4 Å². The Kier molecular flexibility index (Phi) is 2.82. The van der Waals surface area contributed by atoms with Crippen molar-refractivity contribution in [3.8, 4) is 0 Å². The van der Waals surface area contributed by atoms with Crippen LogP contribution < -0.4 is 0 Å². The molecule has 0 radical (unpaired) electrons. The second-order valence-electron chi connectivity index (χ2n) is 3.83. The molecule has 0 saturated carbocycles. The van der Waals surface area contributed by atoms with Crippen LogP contribution in [-0.2, 0) is 9.59 Å². The van der Waals surface area contributed by atoms with Gasteiger partial charge < -0.3 is 0 Å². The molecule has 0 saturated heterocycles. The highest BCUT2D eigenvalue weighted by molar-refractivity contribution is 6.17. The zero-order valence-corrected chi connectivity index (χ0v) is 9.01. The summed E-state index contributed by atoms with van der Waals surface area (Å²) in [4.78, 5) is 22.9. The Balaban J connectivity index is 2.32. The smallest absolute Gasteiger partial charge is 0.182 e. The van der Waals surface area contributed by atoms with E-state index in [9.17, 15) is 9.59 Å². The van der Waals surface area contributed by atoms with E-state index < -0.39 is 0 Å². The molecule has 2 rings (SSSR count). The van der Waals surface area contributed by atoms with Crippen molar-refractivity contribution in [2.75, 3.05) is 0 Å². The first-order valence-corrected chi connectivity index (χ1v) is 5.21. The van der Waals surface area contributed by atoms with Gasteiger partial charge in [0.25, 0.3) is 0 Å². The fraction of sp³-hybridized carbons (Fsp3) is 0.143. The quantitative estimate of drug-likeness (QED) is 0.705. The van der Waals surface area contributed by atoms with E-state index in [4.69, 9.17) is 0 Å². The zero-order chi connectivity index (χ0) is 11.5. The van der Waals surface area contributed by atoms with Gasteiger partial charge in [0.1, 0.15) is 0 Å². The maximum Gasteiger partial charge on any atom is 0.182 e. The molecule has 0 heterocycles. The van der Waals surface area contributed by atoms with Crippen molar-refractivity contribution in [3.63, 3.8) is 0 Å². The summed E-state index contributed by atoms with van der Waals surface area (Å²) >= 11 is 0. The number of carbonyl (C=O) groups excluding carboxylic acids is 2. The number of hydrogen-bond donors (Lipinski definition) is 0. The standard InChI is InChI=1S/C14H12O2/c1-10(11-5-3-2-4-6-11)13-9-12(15)7-8-14(13)16/h2-10H,1H3. The molecule has 0 spiro atoms. The molecular weight excluding hydrogens is 200 g/mol. The highest BCUT2D eigenvalue weighted by Crippen LogP contribution is 2.26. The monoisotopic (exact) mass is 212 g/mol. The molecule has 0 bridgehead atoms. The van der Waals surface area contributed by atoms with E-state index in [1.807, 2.05) is 37.3 Å². The van der Waals surface area contributed by atoms with Gasteiger partial charge in [0.15, 0.2) is 11.6 Å². The SMILES string of the molecule is CC(C1=CC(=O)C=CC1=O)c1ccccc1. The van der Waals surface area contributed by atoms with Crippen molar-refractivity contribution in [3.05, 3.63) is 59.7 Å². The number of hydrogen-bond acceptors (Lipinski definition) is 2. The Labute approximate surface area is 94.3 Å². The molecule has 0 N–H and O–H groups in total. The van der Waals surface area contributed by atoms with Gasteiger partial charge in [-0.3, -0.25) is 9.59 Å². The minimum Gasteiger partial charge on any atom is -0.290 e. The predicted octanol–water partition coefficient (Wildman–Crippen LogP) is 2.42. The van der Waals surface area contributed by atoms with Crippen LogP contribution in [0, 0.1) is 0 Å². The number of allylic oxidation sites excluding steroid dienone is 4. The summed E-state index contributed by atoms with van der Waals surface area (Å²) in [6.45, 7) is 1.94. The third-order valence-electron chi connectivity index (χ3n) is 2.75. The average molecular weight is 212 g/mol. The average Bonchev–Trinajstić information content (AvgIpc) is 2.32. The largest absolute Gasteiger partial charge is 0.290 e. The Morgan fingerprint density at radius 1 is 1.00 bits per heavy atom. The molecule has 1 atom stereocenters. The van der Waals surface area contributed by atoms with Gasteiger partial charge in [-0.25, -0.2) is 0 Å². The minimum atomic E-state index is -0.114. The van der Waals surface area contributed by atoms with E-state index in [0.29, 0.717) is 5.57 Å². The molecule has 0 aliphatic heterocycles. The van der Waals surface area contributed by atoms with Crippen LogP contribution in [0.15, 0.2) is 54.1 Å². The van der Waals surface area contributed by atoms with E-state index in [2.05, 4.69) is 0 Å². The summed E-state index contributed by atoms with van der Waals surface area (Å²) in [6, 6.07) is 9.70. The van der Waals surface area contributed by atoms with Gasteiger partial charge in [0.05, 0.1) is 0 Å². The highest BCUT2D eigenvalue weighted by atomic mass is 16.1. The first-order valence-electron chi connectivity index (χ1n) is 5.21.